The molecule has 0 aliphatic heterocycles. The van der Waals surface area contributed by atoms with Gasteiger partial charge >= 0.3 is 0 Å². The molecule has 0 atom stereocenters. The van der Waals surface area contributed by atoms with Gasteiger partial charge in [-0.3, -0.25) is 0 Å². The highest BCUT2D eigenvalue weighted by molar-refractivity contribution is 5.80. The van der Waals surface area contributed by atoms with Crippen molar-refractivity contribution in [2.45, 2.75) is 0 Å². The SMILES string of the molecule is N#Cc1cccc(-c2ccc(/C=N\O)cc2)c1. The van der Waals surface area contributed by atoms with E-state index in [0.717, 1.165) is 16.7 Å². The second kappa shape index (κ2) is 4.95. The van der Waals surface area contributed by atoms with E-state index in [1.165, 1.54) is 6.21 Å². The molecule has 0 aliphatic rings. The second-order valence-corrected chi connectivity index (χ2v) is 3.56. The van der Waals surface area contributed by atoms with Crippen LogP contribution in [0.5, 0.6) is 0 Å². The third-order valence-electron chi connectivity index (χ3n) is 2.44. The molecule has 0 unspecified atom stereocenters. The van der Waals surface area contributed by atoms with Crippen molar-refractivity contribution < 1.29 is 5.21 Å². The number of benzene rings is 2. The fraction of sp³-hybridized carbons (Fsp3) is 0. The second-order valence-electron chi connectivity index (χ2n) is 3.56. The molecule has 0 fully saturated rings. The van der Waals surface area contributed by atoms with Crippen molar-refractivity contribution >= 4 is 6.21 Å². The lowest BCUT2D eigenvalue weighted by Crippen LogP contribution is -1.83. The van der Waals surface area contributed by atoms with Crippen LogP contribution in [0.1, 0.15) is 11.1 Å². The normalized spacial score (nSPS) is 10.3. The largest absolute Gasteiger partial charge is 0.411 e. The molecule has 2 aromatic rings. The first-order valence-corrected chi connectivity index (χ1v) is 5.11. The first kappa shape index (κ1) is 10.9. The Kier molecular flexibility index (Phi) is 3.18. The molecule has 0 amide bonds. The molecule has 0 radical (unpaired) electrons. The monoisotopic (exact) mass is 222 g/mol. The predicted molar refractivity (Wildman–Crippen MR) is 66.0 cm³/mol. The van der Waals surface area contributed by atoms with E-state index in [9.17, 15) is 0 Å². The van der Waals surface area contributed by atoms with E-state index in [2.05, 4.69) is 11.2 Å². The first-order valence-electron chi connectivity index (χ1n) is 5.11. The van der Waals surface area contributed by atoms with Crippen molar-refractivity contribution in [2.75, 3.05) is 0 Å². The van der Waals surface area contributed by atoms with E-state index in [0.29, 0.717) is 5.56 Å². The molecule has 0 aromatic heterocycles. The van der Waals surface area contributed by atoms with Crippen molar-refractivity contribution in [3.8, 4) is 17.2 Å². The molecule has 3 heteroatoms. The fourth-order valence-electron chi connectivity index (χ4n) is 1.60. The van der Waals surface area contributed by atoms with Crippen LogP contribution in [0.4, 0.5) is 0 Å². The van der Waals surface area contributed by atoms with E-state index in [1.807, 2.05) is 42.5 Å². The summed E-state index contributed by atoms with van der Waals surface area (Å²) in [5.41, 5.74) is 3.49. The van der Waals surface area contributed by atoms with Crippen LogP contribution >= 0.6 is 0 Å². The Balaban J connectivity index is 2.36. The molecule has 0 bridgehead atoms. The lowest BCUT2D eigenvalue weighted by atomic mass is 10.0. The van der Waals surface area contributed by atoms with Gasteiger partial charge in [-0.2, -0.15) is 5.26 Å². The van der Waals surface area contributed by atoms with E-state index < -0.39 is 0 Å². The molecule has 82 valence electrons. The summed E-state index contributed by atoms with van der Waals surface area (Å²) < 4.78 is 0. The highest BCUT2D eigenvalue weighted by Gasteiger charge is 1.98. The van der Waals surface area contributed by atoms with Crippen LogP contribution in [0.25, 0.3) is 11.1 Å². The lowest BCUT2D eigenvalue weighted by Gasteiger charge is -2.02. The summed E-state index contributed by atoms with van der Waals surface area (Å²) >= 11 is 0. The summed E-state index contributed by atoms with van der Waals surface area (Å²) in [5.74, 6) is 0. The molecule has 2 rings (SSSR count). The molecule has 0 spiro atoms. The van der Waals surface area contributed by atoms with E-state index >= 15 is 0 Å². The summed E-state index contributed by atoms with van der Waals surface area (Å²) in [6, 6.07) is 17.1. The van der Waals surface area contributed by atoms with Crippen molar-refractivity contribution in [3.05, 3.63) is 59.7 Å². The van der Waals surface area contributed by atoms with Gasteiger partial charge in [0.05, 0.1) is 17.8 Å². The Morgan fingerprint density at radius 1 is 1.06 bits per heavy atom. The Morgan fingerprint density at radius 2 is 1.82 bits per heavy atom. The maximum absolute atomic E-state index is 8.83. The number of rotatable bonds is 2. The van der Waals surface area contributed by atoms with Crippen LogP contribution in [0.3, 0.4) is 0 Å². The Labute approximate surface area is 99.3 Å². The highest BCUT2D eigenvalue weighted by Crippen LogP contribution is 2.20. The zero-order valence-corrected chi connectivity index (χ0v) is 9.04. The van der Waals surface area contributed by atoms with Gasteiger partial charge in [-0.05, 0) is 28.8 Å². The summed E-state index contributed by atoms with van der Waals surface area (Å²) in [4.78, 5) is 0. The van der Waals surface area contributed by atoms with Crippen LogP contribution in [-0.2, 0) is 0 Å². The quantitative estimate of drug-likeness (QED) is 0.482. The lowest BCUT2D eigenvalue weighted by molar-refractivity contribution is 0.322. The number of oxime groups is 1. The number of hydrogen-bond acceptors (Lipinski definition) is 3. The number of hydrogen-bond donors (Lipinski definition) is 1. The molecular weight excluding hydrogens is 212 g/mol. The van der Waals surface area contributed by atoms with E-state index in [1.54, 1.807) is 6.07 Å². The van der Waals surface area contributed by atoms with E-state index in [-0.39, 0.29) is 0 Å². The van der Waals surface area contributed by atoms with Crippen molar-refractivity contribution in [1.29, 1.82) is 5.26 Å². The Hall–Kier alpha value is -2.60. The fourth-order valence-corrected chi connectivity index (χ4v) is 1.60. The Morgan fingerprint density at radius 3 is 2.47 bits per heavy atom. The van der Waals surface area contributed by atoms with Gasteiger partial charge in [0.1, 0.15) is 0 Å². The maximum Gasteiger partial charge on any atom is 0.0991 e. The Bertz CT molecular complexity index is 580. The average molecular weight is 222 g/mol. The molecule has 0 heterocycles. The van der Waals surface area contributed by atoms with Gasteiger partial charge in [0, 0.05) is 0 Å². The van der Waals surface area contributed by atoms with Crippen LogP contribution in [-0.4, -0.2) is 11.4 Å². The minimum Gasteiger partial charge on any atom is -0.411 e. The maximum atomic E-state index is 8.83. The molecule has 1 N–H and O–H groups in total. The minimum atomic E-state index is 0.642. The predicted octanol–water partition coefficient (Wildman–Crippen LogP) is 3.03. The molecular formula is C14H10N2O. The molecule has 0 saturated heterocycles. The molecule has 17 heavy (non-hydrogen) atoms. The van der Waals surface area contributed by atoms with Gasteiger partial charge in [-0.1, -0.05) is 41.6 Å². The van der Waals surface area contributed by atoms with Crippen molar-refractivity contribution in [3.63, 3.8) is 0 Å². The topological polar surface area (TPSA) is 56.4 Å². The third kappa shape index (κ3) is 2.50. The highest BCUT2D eigenvalue weighted by atomic mass is 16.4. The number of nitriles is 1. The summed E-state index contributed by atoms with van der Waals surface area (Å²) in [5, 5.41) is 20.2. The standard InChI is InChI=1S/C14H10N2O/c15-9-12-2-1-3-14(8-12)13-6-4-11(5-7-13)10-16-17/h1-8,10,17H/b16-10-. The van der Waals surface area contributed by atoms with Gasteiger partial charge in [-0.25, -0.2) is 0 Å². The van der Waals surface area contributed by atoms with Gasteiger partial charge in [0.15, 0.2) is 0 Å². The summed E-state index contributed by atoms with van der Waals surface area (Å²) in [7, 11) is 0. The molecule has 2 aromatic carbocycles. The smallest absolute Gasteiger partial charge is 0.0991 e. The average Bonchev–Trinajstić information content (AvgIpc) is 2.40. The molecule has 3 nitrogen and oxygen atoms in total. The van der Waals surface area contributed by atoms with Crippen molar-refractivity contribution in [1.82, 2.24) is 0 Å². The zero-order chi connectivity index (χ0) is 12.1. The van der Waals surface area contributed by atoms with Crippen molar-refractivity contribution in [2.24, 2.45) is 5.16 Å². The number of nitrogens with zero attached hydrogens (tertiary/aromatic N) is 2. The van der Waals surface area contributed by atoms with Gasteiger partial charge in [-0.15, -0.1) is 0 Å². The van der Waals surface area contributed by atoms with Crippen LogP contribution in [0, 0.1) is 11.3 Å². The van der Waals surface area contributed by atoms with Crippen LogP contribution < -0.4 is 0 Å². The summed E-state index contributed by atoms with van der Waals surface area (Å²) in [6.45, 7) is 0. The zero-order valence-electron chi connectivity index (χ0n) is 9.04. The van der Waals surface area contributed by atoms with Crippen LogP contribution in [0.2, 0.25) is 0 Å². The van der Waals surface area contributed by atoms with Gasteiger partial charge in [0.25, 0.3) is 0 Å². The summed E-state index contributed by atoms with van der Waals surface area (Å²) in [6.07, 6.45) is 1.37. The third-order valence-corrected chi connectivity index (χ3v) is 2.44. The van der Waals surface area contributed by atoms with Gasteiger partial charge in [0.2, 0.25) is 0 Å². The minimum absolute atomic E-state index is 0.642. The van der Waals surface area contributed by atoms with Crippen LogP contribution in [0.15, 0.2) is 53.7 Å². The van der Waals surface area contributed by atoms with E-state index in [4.69, 9.17) is 10.5 Å². The first-order chi connectivity index (χ1) is 8.33. The molecule has 0 aliphatic carbocycles. The van der Waals surface area contributed by atoms with Gasteiger partial charge < -0.3 is 5.21 Å². The molecule has 0 saturated carbocycles.